The Hall–Kier alpha value is -0.740. The third-order valence-corrected chi connectivity index (χ3v) is 5.13. The van der Waals surface area contributed by atoms with Crippen LogP contribution in [-0.4, -0.2) is 47.5 Å². The molecular formula is C17H28N2OS. The van der Waals surface area contributed by atoms with Crippen LogP contribution < -0.4 is 0 Å². The van der Waals surface area contributed by atoms with Crippen LogP contribution in [0, 0.1) is 5.92 Å². The second kappa shape index (κ2) is 8.04. The number of hydrogen-bond acceptors (Lipinski definition) is 4. The second-order valence-corrected chi connectivity index (χ2v) is 7.98. The van der Waals surface area contributed by atoms with E-state index in [2.05, 4.69) is 50.1 Å². The van der Waals surface area contributed by atoms with E-state index in [4.69, 9.17) is 9.84 Å². The van der Waals surface area contributed by atoms with Crippen LogP contribution in [0.2, 0.25) is 0 Å². The quantitative estimate of drug-likeness (QED) is 0.670. The fourth-order valence-electron chi connectivity index (χ4n) is 2.99. The minimum Gasteiger partial charge on any atom is -0.382 e. The van der Waals surface area contributed by atoms with Crippen molar-refractivity contribution in [2.45, 2.75) is 50.2 Å². The van der Waals surface area contributed by atoms with Gasteiger partial charge in [0, 0.05) is 24.8 Å². The van der Waals surface area contributed by atoms with Crippen molar-refractivity contribution in [2.24, 2.45) is 11.0 Å². The van der Waals surface area contributed by atoms with Crippen molar-refractivity contribution in [1.82, 2.24) is 5.01 Å². The second-order valence-electron chi connectivity index (χ2n) is 6.06. The lowest BCUT2D eigenvalue weighted by Gasteiger charge is -2.26. The van der Waals surface area contributed by atoms with Crippen LogP contribution >= 0.6 is 11.8 Å². The molecule has 0 saturated carbocycles. The first-order chi connectivity index (χ1) is 10.1. The maximum absolute atomic E-state index is 5.34. The first-order valence-electron chi connectivity index (χ1n) is 7.96. The number of thioether (sulfide) groups is 1. The monoisotopic (exact) mass is 308 g/mol. The Labute approximate surface area is 133 Å². The van der Waals surface area contributed by atoms with E-state index in [0.717, 1.165) is 13.2 Å². The molecule has 0 N–H and O–H groups in total. The van der Waals surface area contributed by atoms with Gasteiger partial charge in [0.1, 0.15) is 0 Å². The van der Waals surface area contributed by atoms with E-state index in [1.165, 1.54) is 18.6 Å². The fourth-order valence-corrected chi connectivity index (χ4v) is 4.15. The molecule has 2 rings (SSSR count). The van der Waals surface area contributed by atoms with E-state index in [1.54, 1.807) is 7.11 Å². The van der Waals surface area contributed by atoms with Gasteiger partial charge in [-0.3, -0.25) is 5.01 Å². The van der Waals surface area contributed by atoms with Gasteiger partial charge in [0.2, 0.25) is 0 Å². The molecule has 2 atom stereocenters. The van der Waals surface area contributed by atoms with E-state index >= 15 is 0 Å². The summed E-state index contributed by atoms with van der Waals surface area (Å²) in [6.45, 7) is 8.62. The molecular weight excluding hydrogens is 280 g/mol. The highest BCUT2D eigenvalue weighted by molar-refractivity contribution is 8.01. The summed E-state index contributed by atoms with van der Waals surface area (Å²) >= 11 is 1.99. The van der Waals surface area contributed by atoms with Crippen LogP contribution in [0.25, 0.3) is 0 Å². The van der Waals surface area contributed by atoms with E-state index in [9.17, 15) is 0 Å². The molecule has 4 heteroatoms. The van der Waals surface area contributed by atoms with Crippen LogP contribution in [0.5, 0.6) is 0 Å². The molecule has 0 bridgehead atoms. The molecule has 0 spiro atoms. The van der Waals surface area contributed by atoms with Gasteiger partial charge in [-0.2, -0.15) is 5.10 Å². The molecule has 1 aliphatic carbocycles. The topological polar surface area (TPSA) is 24.8 Å². The Kier molecular flexibility index (Phi) is 6.37. The molecule has 1 aliphatic heterocycles. The largest absolute Gasteiger partial charge is 0.382 e. The zero-order valence-corrected chi connectivity index (χ0v) is 14.5. The number of rotatable bonds is 7. The molecule has 0 unspecified atom stereocenters. The van der Waals surface area contributed by atoms with Crippen LogP contribution in [0.15, 0.2) is 29.4 Å². The summed E-state index contributed by atoms with van der Waals surface area (Å²) in [5, 5.41) is 8.37. The molecule has 21 heavy (non-hydrogen) atoms. The zero-order chi connectivity index (χ0) is 15.2. The van der Waals surface area contributed by atoms with E-state index in [0.29, 0.717) is 22.5 Å². The van der Waals surface area contributed by atoms with Gasteiger partial charge in [0.05, 0.1) is 18.4 Å². The maximum Gasteiger partial charge on any atom is 0.0704 e. The number of allylic oxidation sites excluding steroid dienone is 4. The molecule has 0 amide bonds. The minimum absolute atomic E-state index is 0.357. The van der Waals surface area contributed by atoms with Gasteiger partial charge in [-0.1, -0.05) is 38.2 Å². The van der Waals surface area contributed by atoms with Crippen molar-refractivity contribution in [3.8, 4) is 0 Å². The third-order valence-electron chi connectivity index (χ3n) is 3.93. The Morgan fingerprint density at radius 1 is 1.33 bits per heavy atom. The Morgan fingerprint density at radius 3 is 2.67 bits per heavy atom. The summed E-state index contributed by atoms with van der Waals surface area (Å²) in [5.41, 5.74) is 1.28. The van der Waals surface area contributed by atoms with Crippen LogP contribution in [-0.2, 0) is 4.74 Å². The first-order valence-corrected chi connectivity index (χ1v) is 8.90. The molecule has 0 radical (unpaired) electrons. The van der Waals surface area contributed by atoms with Gasteiger partial charge in [0.25, 0.3) is 0 Å². The highest BCUT2D eigenvalue weighted by Crippen LogP contribution is 2.27. The van der Waals surface area contributed by atoms with Crippen LogP contribution in [0.3, 0.4) is 0 Å². The van der Waals surface area contributed by atoms with Gasteiger partial charge < -0.3 is 4.74 Å². The van der Waals surface area contributed by atoms with Crippen molar-refractivity contribution in [1.29, 1.82) is 0 Å². The predicted octanol–water partition coefficient (Wildman–Crippen LogP) is 3.73. The standard InChI is InChI=1S/C17H28N2OS/c1-13(2)21-14(3)17(15-8-5-6-9-15)18-19-11-7-10-16(19)12-20-4/h5-6,8-9,13-16H,7,10-12H2,1-4H3/b18-17-/t14-,16+/m1/s1. The molecule has 118 valence electrons. The summed E-state index contributed by atoms with van der Waals surface area (Å²) in [6.07, 6.45) is 11.2. The molecule has 1 saturated heterocycles. The minimum atomic E-state index is 0.357. The maximum atomic E-state index is 5.34. The van der Waals surface area contributed by atoms with Gasteiger partial charge in [-0.15, -0.1) is 11.8 Å². The van der Waals surface area contributed by atoms with Crippen molar-refractivity contribution < 1.29 is 4.74 Å². The fraction of sp³-hybridized carbons (Fsp3) is 0.706. The first kappa shape index (κ1) is 16.6. The van der Waals surface area contributed by atoms with Gasteiger partial charge in [-0.25, -0.2) is 0 Å². The van der Waals surface area contributed by atoms with Crippen molar-refractivity contribution in [3.05, 3.63) is 24.3 Å². The lowest BCUT2D eigenvalue weighted by Crippen LogP contribution is -2.33. The van der Waals surface area contributed by atoms with E-state index in [-0.39, 0.29) is 0 Å². The van der Waals surface area contributed by atoms with Crippen molar-refractivity contribution in [2.75, 3.05) is 20.3 Å². The summed E-state index contributed by atoms with van der Waals surface area (Å²) in [5.74, 6) is 0.357. The molecule has 0 aromatic heterocycles. The highest BCUT2D eigenvalue weighted by atomic mass is 32.2. The molecule has 1 heterocycles. The Balaban J connectivity index is 2.15. The van der Waals surface area contributed by atoms with Gasteiger partial charge in [0.15, 0.2) is 0 Å². The van der Waals surface area contributed by atoms with E-state index < -0.39 is 0 Å². The zero-order valence-electron chi connectivity index (χ0n) is 13.7. The number of nitrogens with zero attached hydrogens (tertiary/aromatic N) is 2. The molecule has 0 aromatic rings. The summed E-state index contributed by atoms with van der Waals surface area (Å²) < 4.78 is 5.34. The number of methoxy groups -OCH3 is 1. The summed E-state index contributed by atoms with van der Waals surface area (Å²) in [4.78, 5) is 0. The smallest absolute Gasteiger partial charge is 0.0704 e. The summed E-state index contributed by atoms with van der Waals surface area (Å²) in [6, 6.07) is 0.440. The predicted molar refractivity (Wildman–Crippen MR) is 93.0 cm³/mol. The van der Waals surface area contributed by atoms with Crippen molar-refractivity contribution in [3.63, 3.8) is 0 Å². The van der Waals surface area contributed by atoms with Crippen molar-refractivity contribution >= 4 is 17.5 Å². The number of hydrazone groups is 1. The number of hydrogen-bond donors (Lipinski definition) is 0. The average molecular weight is 308 g/mol. The van der Waals surface area contributed by atoms with Crippen LogP contribution in [0.1, 0.15) is 33.6 Å². The molecule has 3 nitrogen and oxygen atoms in total. The summed E-state index contributed by atoms with van der Waals surface area (Å²) in [7, 11) is 1.78. The normalized spacial score (nSPS) is 24.5. The Bertz CT molecular complexity index is 405. The average Bonchev–Trinajstić information content (AvgIpc) is 3.06. The molecule has 0 aromatic carbocycles. The SMILES string of the molecule is COC[C@@H]1CCCN1/N=C(\C1C=CC=C1)[C@@H](C)SC(C)C. The van der Waals surface area contributed by atoms with Gasteiger partial charge >= 0.3 is 0 Å². The van der Waals surface area contributed by atoms with Gasteiger partial charge in [-0.05, 0) is 25.0 Å². The highest BCUT2D eigenvalue weighted by Gasteiger charge is 2.27. The van der Waals surface area contributed by atoms with Crippen LogP contribution in [0.4, 0.5) is 0 Å². The lowest BCUT2D eigenvalue weighted by atomic mass is 10.0. The Morgan fingerprint density at radius 2 is 2.05 bits per heavy atom. The molecule has 2 aliphatic rings. The van der Waals surface area contributed by atoms with E-state index in [1.807, 2.05) is 11.8 Å². The lowest BCUT2D eigenvalue weighted by molar-refractivity contribution is 0.117. The molecule has 1 fully saturated rings. The third kappa shape index (κ3) is 4.62. The number of ether oxygens (including phenoxy) is 1.